The molecule has 0 saturated heterocycles. The van der Waals surface area contributed by atoms with Crippen LogP contribution in [0.15, 0.2) is 29.4 Å². The fourth-order valence-electron chi connectivity index (χ4n) is 1.12. The minimum atomic E-state index is -3.40. The molecule has 0 aromatic carbocycles. The minimum Gasteiger partial charge on any atom is -0.274 e. The lowest BCUT2D eigenvalue weighted by Crippen LogP contribution is -2.25. The number of sulfonamides is 1. The molecule has 0 fully saturated rings. The maximum Gasteiger partial charge on any atom is 0.243 e. The van der Waals surface area contributed by atoms with Gasteiger partial charge in [-0.15, -0.1) is 0 Å². The Bertz CT molecular complexity index is 466. The highest BCUT2D eigenvalue weighted by Crippen LogP contribution is 2.06. The molecule has 0 saturated carbocycles. The lowest BCUT2D eigenvalue weighted by Gasteiger charge is -2.03. The normalized spacial score (nSPS) is 12.4. The third kappa shape index (κ3) is 4.93. The van der Waals surface area contributed by atoms with Gasteiger partial charge >= 0.3 is 0 Å². The Morgan fingerprint density at radius 1 is 1.59 bits per heavy atom. The zero-order valence-electron chi connectivity index (χ0n) is 9.96. The number of allylic oxidation sites excluding steroid dienone is 1. The number of nitrogens with one attached hydrogen (secondary N) is 1. The van der Waals surface area contributed by atoms with E-state index in [0.29, 0.717) is 6.54 Å². The summed E-state index contributed by atoms with van der Waals surface area (Å²) in [4.78, 5) is 0.207. The van der Waals surface area contributed by atoms with Gasteiger partial charge in [-0.1, -0.05) is 12.2 Å². The molecule has 0 radical (unpaired) electrons. The summed E-state index contributed by atoms with van der Waals surface area (Å²) >= 11 is 1.68. The van der Waals surface area contributed by atoms with Crippen molar-refractivity contribution in [2.45, 2.75) is 11.8 Å². The van der Waals surface area contributed by atoms with Crippen molar-refractivity contribution in [1.29, 1.82) is 0 Å². The van der Waals surface area contributed by atoms with Crippen molar-refractivity contribution in [2.24, 2.45) is 7.05 Å². The van der Waals surface area contributed by atoms with E-state index in [-0.39, 0.29) is 4.90 Å². The third-order valence-electron chi connectivity index (χ3n) is 1.98. The SMILES string of the molecule is C/C=C/CSCCNS(=O)(=O)c1cnn(C)c1. The molecule has 1 aromatic heterocycles. The number of hydrogen-bond donors (Lipinski definition) is 1. The molecule has 0 atom stereocenters. The molecule has 0 spiro atoms. The molecule has 0 bridgehead atoms. The highest BCUT2D eigenvalue weighted by atomic mass is 32.2. The standard InChI is InChI=1S/C10H17N3O2S2/c1-3-4-6-16-7-5-12-17(14,15)10-8-11-13(2)9-10/h3-4,8-9,12H,5-7H2,1-2H3/b4-3+. The molecule has 17 heavy (non-hydrogen) atoms. The van der Waals surface area contributed by atoms with Crippen LogP contribution in [0.5, 0.6) is 0 Å². The van der Waals surface area contributed by atoms with Crippen LogP contribution in [0.1, 0.15) is 6.92 Å². The van der Waals surface area contributed by atoms with Crippen LogP contribution in [0, 0.1) is 0 Å². The number of thioether (sulfide) groups is 1. The summed E-state index contributed by atoms with van der Waals surface area (Å²) in [6, 6.07) is 0. The second-order valence-electron chi connectivity index (χ2n) is 3.39. The summed E-state index contributed by atoms with van der Waals surface area (Å²) in [6.45, 7) is 2.39. The lowest BCUT2D eigenvalue weighted by atomic mass is 10.6. The topological polar surface area (TPSA) is 64.0 Å². The van der Waals surface area contributed by atoms with Crippen molar-refractivity contribution >= 4 is 21.8 Å². The summed E-state index contributed by atoms with van der Waals surface area (Å²) in [5, 5.41) is 3.83. The first kappa shape index (κ1) is 14.3. The van der Waals surface area contributed by atoms with Crippen LogP contribution >= 0.6 is 11.8 Å². The first-order valence-electron chi connectivity index (χ1n) is 5.23. The molecule has 7 heteroatoms. The molecule has 1 aromatic rings. The first-order valence-corrected chi connectivity index (χ1v) is 7.87. The van der Waals surface area contributed by atoms with E-state index >= 15 is 0 Å². The molecule has 0 aliphatic heterocycles. The van der Waals surface area contributed by atoms with E-state index in [1.54, 1.807) is 18.8 Å². The van der Waals surface area contributed by atoms with Gasteiger partial charge in [0.05, 0.1) is 6.20 Å². The van der Waals surface area contributed by atoms with Crippen LogP contribution < -0.4 is 4.72 Å². The van der Waals surface area contributed by atoms with E-state index in [0.717, 1.165) is 11.5 Å². The van der Waals surface area contributed by atoms with Gasteiger partial charge in [0.2, 0.25) is 10.0 Å². The van der Waals surface area contributed by atoms with Crippen molar-refractivity contribution in [1.82, 2.24) is 14.5 Å². The van der Waals surface area contributed by atoms with Gasteiger partial charge in [0.15, 0.2) is 0 Å². The molecule has 1 rings (SSSR count). The van der Waals surface area contributed by atoms with E-state index in [4.69, 9.17) is 0 Å². The number of hydrogen-bond acceptors (Lipinski definition) is 4. The van der Waals surface area contributed by atoms with E-state index in [1.807, 2.05) is 19.1 Å². The second kappa shape index (κ2) is 6.83. The van der Waals surface area contributed by atoms with Crippen LogP contribution in [-0.4, -0.2) is 36.2 Å². The van der Waals surface area contributed by atoms with E-state index < -0.39 is 10.0 Å². The van der Waals surface area contributed by atoms with E-state index in [9.17, 15) is 8.42 Å². The molecule has 0 aliphatic carbocycles. The van der Waals surface area contributed by atoms with Crippen LogP contribution in [0.3, 0.4) is 0 Å². The van der Waals surface area contributed by atoms with Crippen molar-refractivity contribution < 1.29 is 8.42 Å². The van der Waals surface area contributed by atoms with Crippen LogP contribution in [0.25, 0.3) is 0 Å². The fraction of sp³-hybridized carbons (Fsp3) is 0.500. The smallest absolute Gasteiger partial charge is 0.243 e. The molecule has 1 N–H and O–H groups in total. The van der Waals surface area contributed by atoms with Crippen LogP contribution in [0.2, 0.25) is 0 Å². The summed E-state index contributed by atoms with van der Waals surface area (Å²) in [5.41, 5.74) is 0. The van der Waals surface area contributed by atoms with Gasteiger partial charge in [-0.3, -0.25) is 4.68 Å². The Morgan fingerprint density at radius 3 is 2.94 bits per heavy atom. The highest BCUT2D eigenvalue weighted by Gasteiger charge is 2.14. The summed E-state index contributed by atoms with van der Waals surface area (Å²) in [5.74, 6) is 1.66. The van der Waals surface area contributed by atoms with Gasteiger partial charge < -0.3 is 0 Å². The molecule has 0 aliphatic rings. The zero-order chi connectivity index (χ0) is 12.7. The predicted octanol–water partition coefficient (Wildman–Crippen LogP) is 1.01. The van der Waals surface area contributed by atoms with Gasteiger partial charge in [-0.05, 0) is 6.92 Å². The molecule has 5 nitrogen and oxygen atoms in total. The number of rotatable bonds is 7. The van der Waals surface area contributed by atoms with Crippen molar-refractivity contribution in [3.63, 3.8) is 0 Å². The largest absolute Gasteiger partial charge is 0.274 e. The Labute approximate surface area is 106 Å². The quantitative estimate of drug-likeness (QED) is 0.596. The first-order chi connectivity index (χ1) is 8.06. The maximum atomic E-state index is 11.7. The monoisotopic (exact) mass is 275 g/mol. The van der Waals surface area contributed by atoms with Crippen molar-refractivity contribution in [3.8, 4) is 0 Å². The van der Waals surface area contributed by atoms with Crippen LogP contribution in [-0.2, 0) is 17.1 Å². The third-order valence-corrected chi connectivity index (χ3v) is 4.32. The van der Waals surface area contributed by atoms with Gasteiger partial charge in [0, 0.05) is 31.3 Å². The lowest BCUT2D eigenvalue weighted by molar-refractivity contribution is 0.584. The molecular formula is C10H17N3O2S2. The van der Waals surface area contributed by atoms with Crippen LogP contribution in [0.4, 0.5) is 0 Å². The average molecular weight is 275 g/mol. The molecule has 1 heterocycles. The fourth-order valence-corrected chi connectivity index (χ4v) is 3.00. The summed E-state index contributed by atoms with van der Waals surface area (Å²) < 4.78 is 27.5. The Hall–Kier alpha value is -0.790. The number of nitrogens with zero attached hydrogens (tertiary/aromatic N) is 2. The van der Waals surface area contributed by atoms with Gasteiger partial charge in [0.25, 0.3) is 0 Å². The van der Waals surface area contributed by atoms with Crippen molar-refractivity contribution in [2.75, 3.05) is 18.1 Å². The number of aromatic nitrogens is 2. The predicted molar refractivity (Wildman–Crippen MR) is 70.5 cm³/mol. The second-order valence-corrected chi connectivity index (χ2v) is 6.31. The van der Waals surface area contributed by atoms with Gasteiger partial charge in [-0.2, -0.15) is 16.9 Å². The summed E-state index contributed by atoms with van der Waals surface area (Å²) in [6.07, 6.45) is 6.84. The molecule has 0 unspecified atom stereocenters. The molecule has 0 amide bonds. The van der Waals surface area contributed by atoms with E-state index in [2.05, 4.69) is 9.82 Å². The van der Waals surface area contributed by atoms with E-state index in [1.165, 1.54) is 17.1 Å². The molecule has 96 valence electrons. The molecular weight excluding hydrogens is 258 g/mol. The number of aryl methyl sites for hydroxylation is 1. The van der Waals surface area contributed by atoms with Gasteiger partial charge in [0.1, 0.15) is 4.90 Å². The minimum absolute atomic E-state index is 0.207. The van der Waals surface area contributed by atoms with Crippen molar-refractivity contribution in [3.05, 3.63) is 24.5 Å². The zero-order valence-corrected chi connectivity index (χ0v) is 11.6. The maximum absolute atomic E-state index is 11.7. The average Bonchev–Trinajstić information content (AvgIpc) is 2.71. The highest BCUT2D eigenvalue weighted by molar-refractivity contribution is 7.99. The van der Waals surface area contributed by atoms with Gasteiger partial charge in [-0.25, -0.2) is 13.1 Å². The Kier molecular flexibility index (Phi) is 5.73. The Balaban J connectivity index is 2.36. The summed E-state index contributed by atoms with van der Waals surface area (Å²) in [7, 11) is -1.71. The Morgan fingerprint density at radius 2 is 2.35 bits per heavy atom.